The Morgan fingerprint density at radius 3 is 2.59 bits per heavy atom. The van der Waals surface area contributed by atoms with Crippen molar-refractivity contribution in [2.75, 3.05) is 0 Å². The highest BCUT2D eigenvalue weighted by atomic mass is 79.9. The van der Waals surface area contributed by atoms with E-state index in [4.69, 9.17) is 5.73 Å². The molecule has 1 aliphatic carbocycles. The van der Waals surface area contributed by atoms with Crippen LogP contribution in [0.2, 0.25) is 0 Å². The monoisotopic (exact) mass is 295 g/mol. The first-order chi connectivity index (χ1) is 8.20. The molecule has 2 N–H and O–H groups in total. The third kappa shape index (κ3) is 3.11. The molecule has 3 atom stereocenters. The Hall–Kier alpha value is -0.340. The summed E-state index contributed by atoms with van der Waals surface area (Å²) in [5.41, 5.74) is 7.65. The highest BCUT2D eigenvalue weighted by Gasteiger charge is 2.28. The van der Waals surface area contributed by atoms with Gasteiger partial charge in [0.15, 0.2) is 0 Å². The molecule has 0 spiro atoms. The lowest BCUT2D eigenvalue weighted by Crippen LogP contribution is -2.31. The molecule has 2 rings (SSSR count). The maximum Gasteiger partial charge on any atom is 0.0210 e. The van der Waals surface area contributed by atoms with Crippen LogP contribution in [-0.2, 0) is 0 Å². The average Bonchev–Trinajstić information content (AvgIpc) is 2.55. The van der Waals surface area contributed by atoms with Gasteiger partial charge in [0, 0.05) is 10.5 Å². The standard InChI is InChI=1S/C15H22BrN/c1-11(17)12-7-3-2-4-8-13(12)14-9-5-6-10-15(14)16/h5-6,9-13H,2-4,7-8,17H2,1H3. The number of hydrogen-bond donors (Lipinski definition) is 1. The van der Waals surface area contributed by atoms with Crippen LogP contribution in [0.3, 0.4) is 0 Å². The SMILES string of the molecule is CC(N)C1CCCCCC1c1ccccc1Br. The van der Waals surface area contributed by atoms with Gasteiger partial charge in [-0.15, -0.1) is 0 Å². The van der Waals surface area contributed by atoms with Crippen LogP contribution in [0.1, 0.15) is 50.5 Å². The van der Waals surface area contributed by atoms with Crippen molar-refractivity contribution in [2.45, 2.75) is 51.0 Å². The molecule has 0 saturated heterocycles. The summed E-state index contributed by atoms with van der Waals surface area (Å²) in [4.78, 5) is 0. The van der Waals surface area contributed by atoms with E-state index >= 15 is 0 Å². The first-order valence-electron chi connectivity index (χ1n) is 6.70. The molecule has 0 bridgehead atoms. The second-order valence-electron chi connectivity index (χ2n) is 5.29. The van der Waals surface area contributed by atoms with E-state index in [1.807, 2.05) is 0 Å². The van der Waals surface area contributed by atoms with E-state index < -0.39 is 0 Å². The zero-order chi connectivity index (χ0) is 12.3. The smallest absolute Gasteiger partial charge is 0.0210 e. The van der Waals surface area contributed by atoms with Gasteiger partial charge in [0.25, 0.3) is 0 Å². The predicted octanol–water partition coefficient (Wildman–Crippen LogP) is 4.46. The van der Waals surface area contributed by atoms with Gasteiger partial charge in [-0.3, -0.25) is 0 Å². The molecule has 1 aromatic rings. The molecule has 0 aromatic heterocycles. The maximum absolute atomic E-state index is 6.20. The summed E-state index contributed by atoms with van der Waals surface area (Å²) < 4.78 is 1.25. The molecule has 94 valence electrons. The topological polar surface area (TPSA) is 26.0 Å². The molecule has 1 fully saturated rings. The highest BCUT2D eigenvalue weighted by Crippen LogP contribution is 2.40. The first-order valence-corrected chi connectivity index (χ1v) is 7.49. The van der Waals surface area contributed by atoms with Crippen LogP contribution < -0.4 is 5.73 Å². The molecular formula is C15H22BrN. The third-order valence-corrected chi connectivity index (χ3v) is 4.77. The van der Waals surface area contributed by atoms with Gasteiger partial charge in [-0.05, 0) is 43.2 Å². The Kier molecular flexibility index (Phi) is 4.63. The minimum atomic E-state index is 0.296. The summed E-state index contributed by atoms with van der Waals surface area (Å²) in [6, 6.07) is 8.94. The van der Waals surface area contributed by atoms with Gasteiger partial charge >= 0.3 is 0 Å². The van der Waals surface area contributed by atoms with E-state index in [0.29, 0.717) is 17.9 Å². The molecule has 2 heteroatoms. The van der Waals surface area contributed by atoms with Gasteiger partial charge in [0.05, 0.1) is 0 Å². The summed E-state index contributed by atoms with van der Waals surface area (Å²) in [5.74, 6) is 1.27. The molecule has 3 unspecified atom stereocenters. The van der Waals surface area contributed by atoms with Gasteiger partial charge in [-0.25, -0.2) is 0 Å². The van der Waals surface area contributed by atoms with Gasteiger partial charge in [-0.1, -0.05) is 53.4 Å². The molecular weight excluding hydrogens is 274 g/mol. The Morgan fingerprint density at radius 2 is 1.88 bits per heavy atom. The van der Waals surface area contributed by atoms with E-state index in [9.17, 15) is 0 Å². The van der Waals surface area contributed by atoms with Crippen molar-refractivity contribution in [3.05, 3.63) is 34.3 Å². The lowest BCUT2D eigenvalue weighted by atomic mass is 9.79. The van der Waals surface area contributed by atoms with Crippen molar-refractivity contribution < 1.29 is 0 Å². The summed E-state index contributed by atoms with van der Waals surface area (Å²) in [5, 5.41) is 0. The number of rotatable bonds is 2. The summed E-state index contributed by atoms with van der Waals surface area (Å²) in [7, 11) is 0. The zero-order valence-corrected chi connectivity index (χ0v) is 12.1. The van der Waals surface area contributed by atoms with Crippen LogP contribution in [-0.4, -0.2) is 6.04 Å². The fraction of sp³-hybridized carbons (Fsp3) is 0.600. The minimum absolute atomic E-state index is 0.296. The van der Waals surface area contributed by atoms with Crippen LogP contribution in [0.25, 0.3) is 0 Å². The predicted molar refractivity (Wildman–Crippen MR) is 77.1 cm³/mol. The van der Waals surface area contributed by atoms with Gasteiger partial charge in [0.2, 0.25) is 0 Å². The fourth-order valence-electron chi connectivity index (χ4n) is 3.13. The quantitative estimate of drug-likeness (QED) is 0.801. The largest absolute Gasteiger partial charge is 0.328 e. The number of halogens is 1. The lowest BCUT2D eigenvalue weighted by molar-refractivity contribution is 0.344. The molecule has 1 saturated carbocycles. The van der Waals surface area contributed by atoms with E-state index in [-0.39, 0.29) is 0 Å². The van der Waals surface area contributed by atoms with E-state index in [2.05, 4.69) is 47.1 Å². The van der Waals surface area contributed by atoms with Gasteiger partial charge in [0.1, 0.15) is 0 Å². The van der Waals surface area contributed by atoms with Gasteiger partial charge < -0.3 is 5.73 Å². The number of hydrogen-bond acceptors (Lipinski definition) is 1. The minimum Gasteiger partial charge on any atom is -0.328 e. The highest BCUT2D eigenvalue weighted by molar-refractivity contribution is 9.10. The molecule has 1 nitrogen and oxygen atoms in total. The molecule has 0 radical (unpaired) electrons. The van der Waals surface area contributed by atoms with Crippen molar-refractivity contribution in [3.63, 3.8) is 0 Å². The van der Waals surface area contributed by atoms with Crippen molar-refractivity contribution in [1.29, 1.82) is 0 Å². The normalized spacial score (nSPS) is 27.5. The van der Waals surface area contributed by atoms with Crippen molar-refractivity contribution in [3.8, 4) is 0 Å². The Labute approximate surface area is 113 Å². The molecule has 1 aliphatic rings. The van der Waals surface area contributed by atoms with Crippen LogP contribution >= 0.6 is 15.9 Å². The molecule has 1 aromatic carbocycles. The second kappa shape index (κ2) is 6.01. The van der Waals surface area contributed by atoms with Crippen molar-refractivity contribution >= 4 is 15.9 Å². The fourth-order valence-corrected chi connectivity index (χ4v) is 3.71. The average molecular weight is 296 g/mol. The summed E-state index contributed by atoms with van der Waals surface area (Å²) in [6.07, 6.45) is 6.62. The first kappa shape index (κ1) is 13.1. The number of benzene rings is 1. The van der Waals surface area contributed by atoms with Crippen LogP contribution in [0.15, 0.2) is 28.7 Å². The number of nitrogens with two attached hydrogens (primary N) is 1. The summed E-state index contributed by atoms with van der Waals surface area (Å²) >= 11 is 3.69. The van der Waals surface area contributed by atoms with Gasteiger partial charge in [-0.2, -0.15) is 0 Å². The third-order valence-electron chi connectivity index (χ3n) is 4.05. The van der Waals surface area contributed by atoms with E-state index in [0.717, 1.165) is 0 Å². The Morgan fingerprint density at radius 1 is 1.18 bits per heavy atom. The molecule has 0 heterocycles. The molecule has 0 amide bonds. The van der Waals surface area contributed by atoms with Crippen molar-refractivity contribution in [1.82, 2.24) is 0 Å². The van der Waals surface area contributed by atoms with E-state index in [1.165, 1.54) is 42.1 Å². The molecule has 17 heavy (non-hydrogen) atoms. The van der Waals surface area contributed by atoms with Crippen molar-refractivity contribution in [2.24, 2.45) is 11.7 Å². The Balaban J connectivity index is 2.29. The zero-order valence-electron chi connectivity index (χ0n) is 10.5. The molecule has 0 aliphatic heterocycles. The summed E-state index contributed by atoms with van der Waals surface area (Å²) in [6.45, 7) is 2.17. The van der Waals surface area contributed by atoms with Crippen LogP contribution in [0.4, 0.5) is 0 Å². The lowest BCUT2D eigenvalue weighted by Gasteiger charge is -2.29. The maximum atomic E-state index is 6.20. The van der Waals surface area contributed by atoms with Crippen LogP contribution in [0.5, 0.6) is 0 Å². The van der Waals surface area contributed by atoms with E-state index in [1.54, 1.807) is 0 Å². The second-order valence-corrected chi connectivity index (χ2v) is 6.14. The van der Waals surface area contributed by atoms with Crippen LogP contribution in [0, 0.1) is 5.92 Å². The Bertz CT molecular complexity index is 362.